The second-order valence-corrected chi connectivity index (χ2v) is 11.2. The van der Waals surface area contributed by atoms with Gasteiger partial charge in [-0.3, -0.25) is 23.9 Å². The molecule has 5 heterocycles. The predicted octanol–water partition coefficient (Wildman–Crippen LogP) is -1.99. The van der Waals surface area contributed by atoms with Gasteiger partial charge in [-0.2, -0.15) is 9.36 Å². The van der Waals surface area contributed by atoms with E-state index in [1.54, 1.807) is 34.4 Å². The van der Waals surface area contributed by atoms with Crippen LogP contribution in [-0.2, 0) is 37.1 Å². The molecular weight excluding hydrogens is 602 g/mol. The fraction of sp³-hybridized carbons (Fsp3) is 0.375. The summed E-state index contributed by atoms with van der Waals surface area (Å²) < 4.78 is 7.43. The number of thioether (sulfide) groups is 1. The van der Waals surface area contributed by atoms with Crippen LogP contribution in [0.25, 0.3) is 11.2 Å². The average Bonchev–Trinajstić information content (AvgIpc) is 3.61. The predicted molar refractivity (Wildman–Crippen MR) is 154 cm³/mol. The summed E-state index contributed by atoms with van der Waals surface area (Å²) in [5.74, 6) is -2.60. The zero-order valence-corrected chi connectivity index (χ0v) is 24.4. The normalized spacial score (nSPS) is 18.3. The average molecular weight is 631 g/mol. The van der Waals surface area contributed by atoms with E-state index in [4.69, 9.17) is 16.3 Å². The number of oxime groups is 1. The molecule has 0 aromatic carbocycles. The standard InChI is InChI=1S/C24H27N11O6S2/c1-2-41-31-15(18-30-24(26)43-32-18)20(37)29-16-21(38)35-17(23(39)40)12(10-42-22(16)35)8-33-7-3-4-13-19(33)28-11-34(13)9-14(36)27-6-5-25/h3-4,7,11,16,22H,2,5-6,8-10,25H2,1H3,(H4-,26,27,29,30,32,36,37,39,40)/p+1/b31-15-. The molecule has 3 aromatic rings. The molecule has 19 heteroatoms. The van der Waals surface area contributed by atoms with Crippen molar-refractivity contribution in [3.05, 3.63) is 41.8 Å². The summed E-state index contributed by atoms with van der Waals surface area (Å²) in [6, 6.07) is 2.57. The van der Waals surface area contributed by atoms with Gasteiger partial charge in [-0.25, -0.2) is 9.36 Å². The smallest absolute Gasteiger partial charge is 0.352 e. The molecule has 0 radical (unpaired) electrons. The summed E-state index contributed by atoms with van der Waals surface area (Å²) in [7, 11) is 0. The molecule has 0 bridgehead atoms. The van der Waals surface area contributed by atoms with Crippen molar-refractivity contribution in [2.45, 2.75) is 31.4 Å². The highest BCUT2D eigenvalue weighted by Crippen LogP contribution is 2.40. The number of carboxylic acid groups (broad SMARTS) is 1. The molecule has 2 aliphatic rings. The number of hydrogen-bond acceptors (Lipinski definition) is 13. The number of pyridine rings is 1. The minimum absolute atomic E-state index is 0.0411. The van der Waals surface area contributed by atoms with Gasteiger partial charge in [0.2, 0.25) is 23.8 Å². The van der Waals surface area contributed by atoms with Crippen molar-refractivity contribution in [1.29, 1.82) is 0 Å². The van der Waals surface area contributed by atoms with E-state index in [2.05, 4.69) is 30.1 Å². The molecule has 0 aliphatic carbocycles. The van der Waals surface area contributed by atoms with E-state index in [-0.39, 0.29) is 53.7 Å². The molecule has 2 unspecified atom stereocenters. The van der Waals surface area contributed by atoms with E-state index in [0.717, 1.165) is 11.5 Å². The van der Waals surface area contributed by atoms with Gasteiger partial charge >= 0.3 is 11.6 Å². The highest BCUT2D eigenvalue weighted by Gasteiger charge is 2.54. The third-order valence-electron chi connectivity index (χ3n) is 6.48. The number of nitrogens with zero attached hydrogens (tertiary/aromatic N) is 7. The van der Waals surface area contributed by atoms with Crippen molar-refractivity contribution < 1.29 is 33.7 Å². The zero-order valence-electron chi connectivity index (χ0n) is 22.8. The van der Waals surface area contributed by atoms with Gasteiger partial charge in [-0.1, -0.05) is 5.16 Å². The van der Waals surface area contributed by atoms with E-state index >= 15 is 0 Å². The molecule has 0 spiro atoms. The van der Waals surface area contributed by atoms with Crippen molar-refractivity contribution >= 4 is 69.0 Å². The van der Waals surface area contributed by atoms with E-state index in [0.29, 0.717) is 29.8 Å². The van der Waals surface area contributed by atoms with Crippen molar-refractivity contribution in [3.8, 4) is 0 Å². The Morgan fingerprint density at radius 3 is 2.86 bits per heavy atom. The molecule has 5 rings (SSSR count). The fourth-order valence-electron chi connectivity index (χ4n) is 4.62. The van der Waals surface area contributed by atoms with Gasteiger partial charge in [-0.05, 0) is 24.0 Å². The van der Waals surface area contributed by atoms with Crippen LogP contribution < -0.4 is 26.7 Å². The lowest BCUT2D eigenvalue weighted by atomic mass is 10.0. The maximum Gasteiger partial charge on any atom is 0.352 e. The Labute approximate surface area is 252 Å². The van der Waals surface area contributed by atoms with Gasteiger partial charge in [0.15, 0.2) is 5.13 Å². The number of nitrogen functional groups attached to an aromatic ring is 1. The molecule has 2 aliphatic heterocycles. The Balaban J connectivity index is 1.35. The van der Waals surface area contributed by atoms with Crippen molar-refractivity contribution in [3.63, 3.8) is 0 Å². The van der Waals surface area contributed by atoms with Gasteiger partial charge < -0.3 is 32.0 Å². The minimum atomic E-state index is -1.27. The lowest BCUT2D eigenvalue weighted by Crippen LogP contribution is -2.71. The number of aromatic nitrogens is 5. The number of carbonyl (C=O) groups excluding carboxylic acids is 3. The third kappa shape index (κ3) is 5.99. The van der Waals surface area contributed by atoms with E-state index in [1.165, 1.54) is 23.0 Å². The summed E-state index contributed by atoms with van der Waals surface area (Å²) in [6.07, 6.45) is 3.28. The molecule has 1 fully saturated rings. The number of carbonyl (C=O) groups is 4. The van der Waals surface area contributed by atoms with Crippen molar-refractivity contribution in [2.75, 3.05) is 31.2 Å². The molecule has 3 amide bonds. The van der Waals surface area contributed by atoms with Crippen LogP contribution in [-0.4, -0.2) is 95.2 Å². The van der Waals surface area contributed by atoms with Gasteiger partial charge in [0.05, 0.1) is 6.20 Å². The van der Waals surface area contributed by atoms with Crippen molar-refractivity contribution in [1.82, 2.24) is 34.4 Å². The number of anilines is 1. The maximum atomic E-state index is 13.2. The van der Waals surface area contributed by atoms with E-state index < -0.39 is 29.2 Å². The Morgan fingerprint density at radius 1 is 1.35 bits per heavy atom. The number of nitrogens with two attached hydrogens (primary N) is 2. The number of fused-ring (bicyclic) bond motifs is 2. The summed E-state index contributed by atoms with van der Waals surface area (Å²) in [5.41, 5.74) is 12.4. The van der Waals surface area contributed by atoms with Crippen LogP contribution in [0.5, 0.6) is 0 Å². The van der Waals surface area contributed by atoms with Crippen LogP contribution in [0.3, 0.4) is 0 Å². The minimum Gasteiger partial charge on any atom is -0.477 e. The molecule has 1 saturated heterocycles. The number of β-lactam (4-membered cyclic amide) rings is 1. The molecule has 17 nitrogen and oxygen atoms in total. The molecule has 7 N–H and O–H groups in total. The van der Waals surface area contributed by atoms with Gasteiger partial charge in [0.1, 0.15) is 42.3 Å². The first-order chi connectivity index (χ1) is 20.7. The molecule has 226 valence electrons. The molecule has 3 aromatic heterocycles. The van der Waals surface area contributed by atoms with Crippen LogP contribution in [0.4, 0.5) is 5.13 Å². The SMILES string of the molecule is CCO/N=C(\C(=O)NC1C(=O)N2C(C(=O)O)=C(C[n+]3cccc4c3ncn4CC(=O)NCCN)CSC12)c1nsc(N)n1. The second-order valence-electron chi connectivity index (χ2n) is 9.29. The number of nitrogens with one attached hydrogen (secondary N) is 2. The largest absolute Gasteiger partial charge is 0.477 e. The van der Waals surface area contributed by atoms with Crippen LogP contribution in [0, 0.1) is 0 Å². The van der Waals surface area contributed by atoms with Crippen molar-refractivity contribution in [2.24, 2.45) is 10.9 Å². The number of amides is 3. The number of rotatable bonds is 12. The fourth-order valence-corrected chi connectivity index (χ4v) is 6.39. The number of carboxylic acids is 1. The Bertz CT molecular complexity index is 1650. The topological polar surface area (TPSA) is 237 Å². The van der Waals surface area contributed by atoms with Crippen LogP contribution in [0.1, 0.15) is 12.7 Å². The maximum absolute atomic E-state index is 13.2. The number of imidazole rings is 1. The summed E-state index contributed by atoms with van der Waals surface area (Å²) in [6.45, 7) is 2.72. The quantitative estimate of drug-likeness (QED) is 0.0633. The van der Waals surface area contributed by atoms with Gasteiger partial charge in [-0.15, -0.1) is 11.8 Å². The van der Waals surface area contributed by atoms with E-state index in [9.17, 15) is 24.3 Å². The third-order valence-corrected chi connectivity index (χ3v) is 8.36. The van der Waals surface area contributed by atoms with Gasteiger partial charge in [0, 0.05) is 35.9 Å². The lowest BCUT2D eigenvalue weighted by molar-refractivity contribution is -0.664. The Kier molecular flexibility index (Phi) is 8.83. The van der Waals surface area contributed by atoms with Gasteiger partial charge in [0.25, 0.3) is 11.8 Å². The van der Waals surface area contributed by atoms with Crippen LogP contribution in [0.15, 0.2) is 41.1 Å². The second kappa shape index (κ2) is 12.7. The molecule has 2 atom stereocenters. The highest BCUT2D eigenvalue weighted by molar-refractivity contribution is 8.00. The highest BCUT2D eigenvalue weighted by atomic mass is 32.2. The first-order valence-corrected chi connectivity index (χ1v) is 14.9. The first-order valence-electron chi connectivity index (χ1n) is 13.0. The first kappa shape index (κ1) is 29.9. The van der Waals surface area contributed by atoms with Crippen LogP contribution in [0.2, 0.25) is 0 Å². The number of hydrogen-bond donors (Lipinski definition) is 5. The summed E-state index contributed by atoms with van der Waals surface area (Å²) in [5, 5.41) is 18.7. The van der Waals surface area contributed by atoms with Crippen LogP contribution >= 0.6 is 23.3 Å². The molecule has 43 heavy (non-hydrogen) atoms. The Morgan fingerprint density at radius 2 is 2.16 bits per heavy atom. The Hall–Kier alpha value is -4.62. The molecule has 0 saturated carbocycles. The number of aliphatic carboxylic acids is 1. The zero-order chi connectivity index (χ0) is 30.7. The monoisotopic (exact) mass is 630 g/mol. The lowest BCUT2D eigenvalue weighted by Gasteiger charge is -2.49. The summed E-state index contributed by atoms with van der Waals surface area (Å²) >= 11 is 2.19. The van der Waals surface area contributed by atoms with E-state index in [1.807, 2.05) is 0 Å². The molecular formula is C24H28N11O6S2+. The summed E-state index contributed by atoms with van der Waals surface area (Å²) in [4.78, 5) is 65.5.